The van der Waals surface area contributed by atoms with Crippen LogP contribution in [0.25, 0.3) is 0 Å². The van der Waals surface area contributed by atoms with E-state index in [1.807, 2.05) is 29.6 Å². The standard InChI is InChI=1S/C17H18ClN3O2S/c1-3-23-17(22)15-14(13(8-19)16(20)24-15)9-21-10(2)11-4-6-12(18)7-5-11/h4-7,10,21H,3,9,20H2,1-2H3/p+1/t10-/m0/s1. The summed E-state index contributed by atoms with van der Waals surface area (Å²) in [6, 6.07) is 9.84. The number of quaternary nitrogens is 1. The van der Waals surface area contributed by atoms with Gasteiger partial charge in [0.05, 0.1) is 17.7 Å². The number of halogens is 1. The number of rotatable bonds is 6. The molecule has 1 aromatic heterocycles. The summed E-state index contributed by atoms with van der Waals surface area (Å²) in [5.74, 6) is -0.432. The number of thiophene rings is 1. The first-order valence-corrected chi connectivity index (χ1v) is 8.74. The Bertz CT molecular complexity index is 765. The molecule has 0 saturated heterocycles. The Morgan fingerprint density at radius 2 is 2.12 bits per heavy atom. The van der Waals surface area contributed by atoms with E-state index in [9.17, 15) is 10.1 Å². The number of anilines is 1. The van der Waals surface area contributed by atoms with Crippen LogP contribution in [0, 0.1) is 11.3 Å². The van der Waals surface area contributed by atoms with E-state index in [1.54, 1.807) is 6.92 Å². The van der Waals surface area contributed by atoms with Gasteiger partial charge in [-0.15, -0.1) is 11.3 Å². The molecule has 4 N–H and O–H groups in total. The molecule has 0 fully saturated rings. The molecule has 1 aromatic carbocycles. The van der Waals surface area contributed by atoms with E-state index in [-0.39, 0.29) is 12.6 Å². The number of ether oxygens (including phenoxy) is 1. The lowest BCUT2D eigenvalue weighted by Gasteiger charge is -2.12. The van der Waals surface area contributed by atoms with Crippen LogP contribution in [0.1, 0.15) is 46.3 Å². The molecule has 0 aliphatic rings. The maximum absolute atomic E-state index is 12.1. The van der Waals surface area contributed by atoms with Crippen molar-refractivity contribution < 1.29 is 14.8 Å². The number of carbonyl (C=O) groups excluding carboxylic acids is 1. The average molecular weight is 365 g/mol. The first-order chi connectivity index (χ1) is 11.5. The summed E-state index contributed by atoms with van der Waals surface area (Å²) in [5.41, 5.74) is 7.99. The van der Waals surface area contributed by atoms with E-state index in [2.05, 4.69) is 13.0 Å². The molecular weight excluding hydrogens is 346 g/mol. The lowest BCUT2D eigenvalue weighted by molar-refractivity contribution is -0.707. The Morgan fingerprint density at radius 1 is 1.46 bits per heavy atom. The molecule has 126 valence electrons. The predicted octanol–water partition coefficient (Wildman–Crippen LogP) is 2.86. The maximum Gasteiger partial charge on any atom is 0.348 e. The van der Waals surface area contributed by atoms with Crippen LogP contribution in [0.4, 0.5) is 5.00 Å². The summed E-state index contributed by atoms with van der Waals surface area (Å²) < 4.78 is 5.06. The van der Waals surface area contributed by atoms with Gasteiger partial charge >= 0.3 is 5.97 Å². The number of nitrogens with zero attached hydrogens (tertiary/aromatic N) is 1. The monoisotopic (exact) mass is 364 g/mol. The lowest BCUT2D eigenvalue weighted by atomic mass is 10.1. The number of carbonyl (C=O) groups is 1. The Kier molecular flexibility index (Phi) is 6.21. The number of nitriles is 1. The Labute approximate surface area is 150 Å². The number of esters is 1. The zero-order valence-electron chi connectivity index (χ0n) is 13.5. The second kappa shape index (κ2) is 8.15. The van der Waals surface area contributed by atoms with Crippen LogP contribution >= 0.6 is 22.9 Å². The highest BCUT2D eigenvalue weighted by Gasteiger charge is 2.24. The third-order valence-corrected chi connectivity index (χ3v) is 4.97. The quantitative estimate of drug-likeness (QED) is 0.771. The molecule has 1 heterocycles. The first-order valence-electron chi connectivity index (χ1n) is 7.55. The fourth-order valence-corrected chi connectivity index (χ4v) is 3.43. The molecule has 0 amide bonds. The second-order valence-electron chi connectivity index (χ2n) is 5.26. The number of hydrogen-bond donors (Lipinski definition) is 2. The van der Waals surface area contributed by atoms with E-state index in [1.165, 1.54) is 0 Å². The van der Waals surface area contributed by atoms with Crippen LogP contribution in [-0.2, 0) is 11.3 Å². The summed E-state index contributed by atoms with van der Waals surface area (Å²) in [4.78, 5) is 12.5. The van der Waals surface area contributed by atoms with Crippen molar-refractivity contribution in [1.29, 1.82) is 5.26 Å². The van der Waals surface area contributed by atoms with E-state index in [4.69, 9.17) is 22.1 Å². The van der Waals surface area contributed by atoms with E-state index in [0.717, 1.165) is 16.9 Å². The number of hydrogen-bond acceptors (Lipinski definition) is 5. The Hall–Kier alpha value is -2.07. The molecular formula is C17H19ClN3O2S+. The fourth-order valence-electron chi connectivity index (χ4n) is 2.36. The minimum absolute atomic E-state index is 0.143. The van der Waals surface area contributed by atoms with Gasteiger partial charge < -0.3 is 15.8 Å². The van der Waals surface area contributed by atoms with Crippen molar-refractivity contribution in [1.82, 2.24) is 0 Å². The average Bonchev–Trinajstić information content (AvgIpc) is 2.89. The van der Waals surface area contributed by atoms with Crippen molar-refractivity contribution in [2.24, 2.45) is 0 Å². The van der Waals surface area contributed by atoms with Gasteiger partial charge in [-0.2, -0.15) is 5.26 Å². The molecule has 1 atom stereocenters. The first kappa shape index (κ1) is 18.3. The van der Waals surface area contributed by atoms with Crippen LogP contribution in [0.3, 0.4) is 0 Å². The summed E-state index contributed by atoms with van der Waals surface area (Å²) >= 11 is 7.01. The molecule has 7 heteroatoms. The summed E-state index contributed by atoms with van der Waals surface area (Å²) in [6.45, 7) is 4.54. The molecule has 0 unspecified atom stereocenters. The molecule has 0 aliphatic carbocycles. The fraction of sp³-hybridized carbons (Fsp3) is 0.294. The van der Waals surface area contributed by atoms with Crippen molar-refractivity contribution in [3.8, 4) is 6.07 Å². The Balaban J connectivity index is 2.20. The number of nitrogen functional groups attached to an aromatic ring is 1. The molecule has 0 aliphatic heterocycles. The normalized spacial score (nSPS) is 11.8. The number of nitrogens with two attached hydrogens (primary N) is 2. The summed E-state index contributed by atoms with van der Waals surface area (Å²) in [7, 11) is 0. The van der Waals surface area contributed by atoms with Gasteiger partial charge in [-0.1, -0.05) is 23.7 Å². The highest BCUT2D eigenvalue weighted by molar-refractivity contribution is 7.18. The van der Waals surface area contributed by atoms with Crippen LogP contribution in [-0.4, -0.2) is 12.6 Å². The predicted molar refractivity (Wildman–Crippen MR) is 94.9 cm³/mol. The molecule has 5 nitrogen and oxygen atoms in total. The number of benzene rings is 1. The molecule has 0 saturated carbocycles. The van der Waals surface area contributed by atoms with Gasteiger partial charge in [-0.3, -0.25) is 0 Å². The van der Waals surface area contributed by atoms with Gasteiger partial charge in [-0.25, -0.2) is 4.79 Å². The molecule has 0 bridgehead atoms. The summed E-state index contributed by atoms with van der Waals surface area (Å²) in [5, 5.41) is 12.4. The van der Waals surface area contributed by atoms with Gasteiger partial charge in [0.15, 0.2) is 0 Å². The minimum Gasteiger partial charge on any atom is -0.462 e. The smallest absolute Gasteiger partial charge is 0.348 e. The highest BCUT2D eigenvalue weighted by Crippen LogP contribution is 2.30. The van der Waals surface area contributed by atoms with Crippen LogP contribution < -0.4 is 11.1 Å². The second-order valence-corrected chi connectivity index (χ2v) is 6.75. The van der Waals surface area contributed by atoms with Gasteiger partial charge in [0, 0.05) is 10.6 Å². The van der Waals surface area contributed by atoms with Crippen molar-refractivity contribution >= 4 is 33.9 Å². The van der Waals surface area contributed by atoms with Crippen LogP contribution in [0.5, 0.6) is 0 Å². The van der Waals surface area contributed by atoms with Gasteiger partial charge in [-0.05, 0) is 26.0 Å². The zero-order valence-corrected chi connectivity index (χ0v) is 15.1. The SMILES string of the molecule is CCOC(=O)c1sc(N)c(C#N)c1C[NH2+][C@@H](C)c1ccc(Cl)cc1. The van der Waals surface area contributed by atoms with Crippen molar-refractivity contribution in [3.05, 3.63) is 50.9 Å². The molecule has 2 aromatic rings. The van der Waals surface area contributed by atoms with Crippen LogP contribution in [0.15, 0.2) is 24.3 Å². The topological polar surface area (TPSA) is 92.7 Å². The van der Waals surface area contributed by atoms with Gasteiger partial charge in [0.1, 0.15) is 28.5 Å². The molecule has 2 rings (SSSR count). The summed E-state index contributed by atoms with van der Waals surface area (Å²) in [6.07, 6.45) is 0. The van der Waals surface area contributed by atoms with E-state index >= 15 is 0 Å². The zero-order chi connectivity index (χ0) is 17.7. The maximum atomic E-state index is 12.1. The molecule has 0 spiro atoms. The Morgan fingerprint density at radius 3 is 2.71 bits per heavy atom. The van der Waals surface area contributed by atoms with Crippen LogP contribution in [0.2, 0.25) is 5.02 Å². The highest BCUT2D eigenvalue weighted by atomic mass is 35.5. The third-order valence-electron chi connectivity index (χ3n) is 3.68. The van der Waals surface area contributed by atoms with E-state index in [0.29, 0.717) is 32.6 Å². The molecule has 24 heavy (non-hydrogen) atoms. The van der Waals surface area contributed by atoms with Gasteiger partial charge in [0.25, 0.3) is 0 Å². The third kappa shape index (κ3) is 4.06. The largest absolute Gasteiger partial charge is 0.462 e. The van der Waals surface area contributed by atoms with E-state index < -0.39 is 5.97 Å². The van der Waals surface area contributed by atoms with Crippen molar-refractivity contribution in [3.63, 3.8) is 0 Å². The van der Waals surface area contributed by atoms with Gasteiger partial charge in [0.2, 0.25) is 0 Å². The minimum atomic E-state index is -0.432. The molecule has 0 radical (unpaired) electrons. The van der Waals surface area contributed by atoms with Crippen molar-refractivity contribution in [2.45, 2.75) is 26.4 Å². The lowest BCUT2D eigenvalue weighted by Crippen LogP contribution is -2.83. The van der Waals surface area contributed by atoms with Crippen molar-refractivity contribution in [2.75, 3.05) is 12.3 Å².